The van der Waals surface area contributed by atoms with Crippen LogP contribution in [0.3, 0.4) is 0 Å². The molecule has 0 saturated heterocycles. The zero-order valence-corrected chi connectivity index (χ0v) is 12.6. The topological polar surface area (TPSA) is 67.4 Å². The molecule has 0 heterocycles. The molecule has 1 fully saturated rings. The van der Waals surface area contributed by atoms with Gasteiger partial charge in [-0.1, -0.05) is 30.3 Å². The fourth-order valence-corrected chi connectivity index (χ4v) is 2.14. The standard InChI is InChI=1S/C18H18N2O3/c21-17(19-14-10-11-14)12-23-16-9-5-4-8-15(16)18(22)20-13-6-2-1-3-7-13/h1-9,14H,10-12H2,(H,19,21)(H,20,22). The fraction of sp³-hybridized carbons (Fsp3) is 0.222. The minimum absolute atomic E-state index is 0.0911. The Morgan fingerprint density at radius 3 is 2.43 bits per heavy atom. The van der Waals surface area contributed by atoms with E-state index in [1.54, 1.807) is 24.3 Å². The largest absolute Gasteiger partial charge is 0.483 e. The molecule has 2 aromatic carbocycles. The van der Waals surface area contributed by atoms with E-state index < -0.39 is 0 Å². The van der Waals surface area contributed by atoms with Crippen molar-refractivity contribution in [3.63, 3.8) is 0 Å². The number of hydrogen-bond donors (Lipinski definition) is 2. The Balaban J connectivity index is 1.64. The monoisotopic (exact) mass is 310 g/mol. The van der Waals surface area contributed by atoms with Crippen LogP contribution in [0.2, 0.25) is 0 Å². The molecule has 0 spiro atoms. The van der Waals surface area contributed by atoms with Crippen LogP contribution in [0.5, 0.6) is 5.75 Å². The zero-order chi connectivity index (χ0) is 16.1. The molecular formula is C18H18N2O3. The summed E-state index contributed by atoms with van der Waals surface area (Å²) < 4.78 is 5.51. The van der Waals surface area contributed by atoms with E-state index in [9.17, 15) is 9.59 Å². The lowest BCUT2D eigenvalue weighted by atomic mass is 10.2. The van der Waals surface area contributed by atoms with Crippen molar-refractivity contribution < 1.29 is 14.3 Å². The maximum absolute atomic E-state index is 12.4. The Kier molecular flexibility index (Phi) is 4.57. The highest BCUT2D eigenvalue weighted by atomic mass is 16.5. The highest BCUT2D eigenvalue weighted by molar-refractivity contribution is 6.06. The summed E-state index contributed by atoms with van der Waals surface area (Å²) in [7, 11) is 0. The highest BCUT2D eigenvalue weighted by Crippen LogP contribution is 2.21. The van der Waals surface area contributed by atoms with Crippen LogP contribution in [0.15, 0.2) is 54.6 Å². The Morgan fingerprint density at radius 1 is 1.00 bits per heavy atom. The van der Waals surface area contributed by atoms with Crippen molar-refractivity contribution in [1.82, 2.24) is 5.32 Å². The number of anilines is 1. The lowest BCUT2D eigenvalue weighted by molar-refractivity contribution is -0.123. The summed E-state index contributed by atoms with van der Waals surface area (Å²) in [4.78, 5) is 24.1. The van der Waals surface area contributed by atoms with Crippen molar-refractivity contribution in [3.05, 3.63) is 60.2 Å². The molecule has 3 rings (SSSR count). The molecule has 2 amide bonds. The summed E-state index contributed by atoms with van der Waals surface area (Å²) in [5.74, 6) is -0.0351. The highest BCUT2D eigenvalue weighted by Gasteiger charge is 2.23. The zero-order valence-electron chi connectivity index (χ0n) is 12.6. The number of carbonyl (C=O) groups is 2. The van der Waals surface area contributed by atoms with Gasteiger partial charge in [0.05, 0.1) is 5.56 Å². The molecule has 1 aliphatic rings. The quantitative estimate of drug-likeness (QED) is 0.862. The normalized spacial score (nSPS) is 13.2. The van der Waals surface area contributed by atoms with E-state index in [4.69, 9.17) is 4.74 Å². The van der Waals surface area contributed by atoms with Crippen molar-refractivity contribution in [2.24, 2.45) is 0 Å². The minimum atomic E-state index is -0.269. The Morgan fingerprint density at radius 2 is 1.70 bits per heavy atom. The average Bonchev–Trinajstić information content (AvgIpc) is 3.38. The van der Waals surface area contributed by atoms with Crippen molar-refractivity contribution in [3.8, 4) is 5.75 Å². The maximum atomic E-state index is 12.4. The Hall–Kier alpha value is -2.82. The molecule has 5 nitrogen and oxygen atoms in total. The number of carbonyl (C=O) groups excluding carboxylic acids is 2. The molecule has 1 aliphatic carbocycles. The van der Waals surface area contributed by atoms with Crippen LogP contribution in [0.1, 0.15) is 23.2 Å². The van der Waals surface area contributed by atoms with E-state index in [0.717, 1.165) is 12.8 Å². The molecule has 118 valence electrons. The van der Waals surface area contributed by atoms with Gasteiger partial charge in [0.1, 0.15) is 5.75 Å². The maximum Gasteiger partial charge on any atom is 0.259 e. The van der Waals surface area contributed by atoms with Gasteiger partial charge in [0, 0.05) is 11.7 Å². The van der Waals surface area contributed by atoms with Crippen LogP contribution < -0.4 is 15.4 Å². The van der Waals surface area contributed by atoms with Crippen LogP contribution >= 0.6 is 0 Å². The van der Waals surface area contributed by atoms with Gasteiger partial charge in [0.25, 0.3) is 11.8 Å². The second-order valence-electron chi connectivity index (χ2n) is 5.45. The van der Waals surface area contributed by atoms with Gasteiger partial charge in [-0.05, 0) is 37.1 Å². The molecule has 0 aromatic heterocycles. The first kappa shape index (κ1) is 15.1. The Bertz CT molecular complexity index is 696. The molecule has 23 heavy (non-hydrogen) atoms. The third-order valence-electron chi connectivity index (χ3n) is 3.46. The Labute approximate surface area is 134 Å². The number of hydrogen-bond acceptors (Lipinski definition) is 3. The number of nitrogens with one attached hydrogen (secondary N) is 2. The molecule has 5 heteroatoms. The van der Waals surface area contributed by atoms with Gasteiger partial charge in [0.2, 0.25) is 0 Å². The minimum Gasteiger partial charge on any atom is -0.483 e. The molecule has 0 radical (unpaired) electrons. The predicted molar refractivity (Wildman–Crippen MR) is 87.5 cm³/mol. The molecule has 0 aliphatic heterocycles. The van der Waals surface area contributed by atoms with Crippen LogP contribution in [-0.2, 0) is 4.79 Å². The summed E-state index contributed by atoms with van der Waals surface area (Å²) in [6, 6.07) is 16.4. The van der Waals surface area contributed by atoms with E-state index in [-0.39, 0.29) is 18.4 Å². The molecule has 2 N–H and O–H groups in total. The predicted octanol–water partition coefficient (Wildman–Crippen LogP) is 2.60. The lowest BCUT2D eigenvalue weighted by Gasteiger charge is -2.11. The first-order chi connectivity index (χ1) is 11.2. The number of rotatable bonds is 6. The van der Waals surface area contributed by atoms with Crippen LogP contribution in [0, 0.1) is 0 Å². The summed E-state index contributed by atoms with van der Waals surface area (Å²) in [5, 5.41) is 5.66. The second kappa shape index (κ2) is 6.96. The van der Waals surface area contributed by atoms with Gasteiger partial charge < -0.3 is 15.4 Å². The second-order valence-corrected chi connectivity index (χ2v) is 5.45. The molecule has 0 unspecified atom stereocenters. The first-order valence-corrected chi connectivity index (χ1v) is 7.60. The molecular weight excluding hydrogens is 292 g/mol. The van der Waals surface area contributed by atoms with E-state index in [1.165, 1.54) is 0 Å². The lowest BCUT2D eigenvalue weighted by Crippen LogP contribution is -2.30. The molecule has 0 atom stereocenters. The summed E-state index contributed by atoms with van der Waals surface area (Å²) in [6.45, 7) is -0.0911. The fourth-order valence-electron chi connectivity index (χ4n) is 2.14. The van der Waals surface area contributed by atoms with Crippen molar-refractivity contribution >= 4 is 17.5 Å². The molecule has 0 bridgehead atoms. The molecule has 1 saturated carbocycles. The van der Waals surface area contributed by atoms with Crippen LogP contribution in [-0.4, -0.2) is 24.5 Å². The van der Waals surface area contributed by atoms with Gasteiger partial charge in [0.15, 0.2) is 6.61 Å². The third-order valence-corrected chi connectivity index (χ3v) is 3.46. The van der Waals surface area contributed by atoms with Crippen LogP contribution in [0.25, 0.3) is 0 Å². The van der Waals surface area contributed by atoms with Gasteiger partial charge in [-0.2, -0.15) is 0 Å². The van der Waals surface area contributed by atoms with Gasteiger partial charge >= 0.3 is 0 Å². The number of ether oxygens (including phenoxy) is 1. The van der Waals surface area contributed by atoms with Crippen LogP contribution in [0.4, 0.5) is 5.69 Å². The van der Waals surface area contributed by atoms with Crippen molar-refractivity contribution in [1.29, 1.82) is 0 Å². The third kappa shape index (κ3) is 4.32. The van der Waals surface area contributed by atoms with E-state index in [1.807, 2.05) is 30.3 Å². The first-order valence-electron chi connectivity index (χ1n) is 7.60. The van der Waals surface area contributed by atoms with Crippen molar-refractivity contribution in [2.75, 3.05) is 11.9 Å². The number of benzene rings is 2. The number of amides is 2. The van der Waals surface area contributed by atoms with Gasteiger partial charge in [-0.25, -0.2) is 0 Å². The smallest absolute Gasteiger partial charge is 0.259 e. The molecule has 2 aromatic rings. The summed E-state index contributed by atoms with van der Waals surface area (Å²) >= 11 is 0. The van der Waals surface area contributed by atoms with E-state index in [2.05, 4.69) is 10.6 Å². The number of para-hydroxylation sites is 2. The summed E-state index contributed by atoms with van der Waals surface area (Å²) in [6.07, 6.45) is 2.06. The summed E-state index contributed by atoms with van der Waals surface area (Å²) in [5.41, 5.74) is 1.11. The average molecular weight is 310 g/mol. The van der Waals surface area contributed by atoms with E-state index in [0.29, 0.717) is 23.0 Å². The van der Waals surface area contributed by atoms with Crippen molar-refractivity contribution in [2.45, 2.75) is 18.9 Å². The SMILES string of the molecule is O=C(COc1ccccc1C(=O)Nc1ccccc1)NC1CC1. The van der Waals surface area contributed by atoms with Gasteiger partial charge in [-0.15, -0.1) is 0 Å². The van der Waals surface area contributed by atoms with E-state index >= 15 is 0 Å². The van der Waals surface area contributed by atoms with Gasteiger partial charge in [-0.3, -0.25) is 9.59 Å².